The molecule has 0 bridgehead atoms. The van der Waals surface area contributed by atoms with Crippen LogP contribution in [0.4, 0.5) is 0 Å². The predicted octanol–water partition coefficient (Wildman–Crippen LogP) is 1.30. The summed E-state index contributed by atoms with van der Waals surface area (Å²) in [6, 6.07) is 4.62. The zero-order chi connectivity index (χ0) is 14.6. The second-order valence-electron chi connectivity index (χ2n) is 4.72. The zero-order valence-electron chi connectivity index (χ0n) is 11.7. The molecule has 1 aromatic carbocycles. The average molecular weight is 287 g/mol. The number of nitrogens with one attached hydrogen (secondary N) is 1. The maximum atomic E-state index is 12.3. The lowest BCUT2D eigenvalue weighted by molar-refractivity contribution is 0.216. The van der Waals surface area contributed by atoms with Crippen LogP contribution in [0.1, 0.15) is 19.4 Å². The highest BCUT2D eigenvalue weighted by Crippen LogP contribution is 2.25. The van der Waals surface area contributed by atoms with Crippen LogP contribution in [0.3, 0.4) is 0 Å². The van der Waals surface area contributed by atoms with Crippen molar-refractivity contribution in [1.82, 2.24) is 4.72 Å². The molecule has 108 valence electrons. The molecule has 1 aromatic rings. The van der Waals surface area contributed by atoms with Crippen molar-refractivity contribution in [3.63, 3.8) is 0 Å². The van der Waals surface area contributed by atoms with Crippen molar-refractivity contribution in [3.05, 3.63) is 23.8 Å². The zero-order valence-corrected chi connectivity index (χ0v) is 12.5. The summed E-state index contributed by atoms with van der Waals surface area (Å²) >= 11 is 0. The molecular weight excluding hydrogens is 266 g/mol. The Balaban J connectivity index is 3.10. The summed E-state index contributed by atoms with van der Waals surface area (Å²) in [6.07, 6.45) is 0. The van der Waals surface area contributed by atoms with E-state index in [-0.39, 0.29) is 23.5 Å². The third kappa shape index (κ3) is 3.92. The summed E-state index contributed by atoms with van der Waals surface area (Å²) in [5, 5.41) is 9.06. The first-order chi connectivity index (χ1) is 8.81. The van der Waals surface area contributed by atoms with Gasteiger partial charge in [-0.25, -0.2) is 13.1 Å². The lowest BCUT2D eigenvalue weighted by Gasteiger charge is -2.20. The van der Waals surface area contributed by atoms with E-state index in [2.05, 4.69) is 4.72 Å². The Kier molecular flexibility index (Phi) is 5.34. The minimum absolute atomic E-state index is 0.0748. The number of sulfonamides is 1. The molecular formula is C13H21NO4S. The quantitative estimate of drug-likeness (QED) is 0.827. The topological polar surface area (TPSA) is 75.6 Å². The van der Waals surface area contributed by atoms with Crippen LogP contribution >= 0.6 is 0 Å². The van der Waals surface area contributed by atoms with Gasteiger partial charge in [-0.2, -0.15) is 0 Å². The highest BCUT2D eigenvalue weighted by Gasteiger charge is 2.24. The van der Waals surface area contributed by atoms with Gasteiger partial charge in [0.25, 0.3) is 0 Å². The number of methoxy groups -OCH3 is 1. The summed E-state index contributed by atoms with van der Waals surface area (Å²) < 4.78 is 32.3. The van der Waals surface area contributed by atoms with Gasteiger partial charge in [-0.3, -0.25) is 0 Å². The normalized spacial score (nSPS) is 15.0. The Bertz CT molecular complexity index is 527. The molecule has 5 nitrogen and oxygen atoms in total. The molecule has 0 saturated heterocycles. The van der Waals surface area contributed by atoms with Crippen LogP contribution in [0.15, 0.2) is 23.1 Å². The molecule has 19 heavy (non-hydrogen) atoms. The molecule has 0 saturated carbocycles. The van der Waals surface area contributed by atoms with Gasteiger partial charge in [-0.15, -0.1) is 0 Å². The van der Waals surface area contributed by atoms with Gasteiger partial charge in [0.1, 0.15) is 10.6 Å². The maximum Gasteiger partial charge on any atom is 0.244 e. The van der Waals surface area contributed by atoms with Gasteiger partial charge >= 0.3 is 0 Å². The van der Waals surface area contributed by atoms with E-state index in [0.29, 0.717) is 5.75 Å². The van der Waals surface area contributed by atoms with Gasteiger partial charge in [0.15, 0.2) is 0 Å². The Morgan fingerprint density at radius 1 is 1.37 bits per heavy atom. The van der Waals surface area contributed by atoms with Crippen LogP contribution in [-0.4, -0.2) is 33.3 Å². The fourth-order valence-electron chi connectivity index (χ4n) is 1.58. The largest absolute Gasteiger partial charge is 0.495 e. The van der Waals surface area contributed by atoms with E-state index in [1.54, 1.807) is 32.0 Å². The summed E-state index contributed by atoms with van der Waals surface area (Å²) in [6.45, 7) is 5.24. The standard InChI is InChI=1S/C13H21NO4S/c1-9-5-6-12(18-4)13(7-9)19(16,17)14-11(3)10(2)8-15/h5-7,10-11,14-15H,8H2,1-4H3. The fraction of sp³-hybridized carbons (Fsp3) is 0.538. The van der Waals surface area contributed by atoms with Crippen LogP contribution in [0.5, 0.6) is 5.75 Å². The van der Waals surface area contributed by atoms with Gasteiger partial charge in [0.05, 0.1) is 7.11 Å². The van der Waals surface area contributed by atoms with Crippen molar-refractivity contribution >= 4 is 10.0 Å². The molecule has 6 heteroatoms. The monoisotopic (exact) mass is 287 g/mol. The van der Waals surface area contributed by atoms with Crippen molar-refractivity contribution in [2.24, 2.45) is 5.92 Å². The summed E-state index contributed by atoms with van der Waals surface area (Å²) in [4.78, 5) is 0.118. The molecule has 2 atom stereocenters. The Hall–Kier alpha value is -1.11. The number of aliphatic hydroxyl groups is 1. The van der Waals surface area contributed by atoms with E-state index in [0.717, 1.165) is 5.56 Å². The van der Waals surface area contributed by atoms with Gasteiger partial charge in [0, 0.05) is 12.6 Å². The number of hydrogen-bond donors (Lipinski definition) is 2. The van der Waals surface area contributed by atoms with Crippen LogP contribution < -0.4 is 9.46 Å². The SMILES string of the molecule is COc1ccc(C)cc1S(=O)(=O)NC(C)C(C)CO. The number of aryl methyl sites for hydroxylation is 1. The molecule has 2 unspecified atom stereocenters. The average Bonchev–Trinajstić information content (AvgIpc) is 2.37. The predicted molar refractivity (Wildman–Crippen MR) is 73.8 cm³/mol. The Morgan fingerprint density at radius 2 is 2.00 bits per heavy atom. The number of hydrogen-bond acceptors (Lipinski definition) is 4. The van der Waals surface area contributed by atoms with Crippen LogP contribution in [-0.2, 0) is 10.0 Å². The number of benzene rings is 1. The van der Waals surface area contributed by atoms with E-state index >= 15 is 0 Å². The minimum Gasteiger partial charge on any atom is -0.495 e. The lowest BCUT2D eigenvalue weighted by atomic mass is 10.1. The number of aliphatic hydroxyl groups excluding tert-OH is 1. The van der Waals surface area contributed by atoms with Gasteiger partial charge in [-0.1, -0.05) is 13.0 Å². The van der Waals surface area contributed by atoms with E-state index in [9.17, 15) is 8.42 Å². The molecule has 0 aliphatic rings. The molecule has 0 amide bonds. The van der Waals surface area contributed by atoms with E-state index < -0.39 is 10.0 Å². The summed E-state index contributed by atoms with van der Waals surface area (Å²) in [7, 11) is -2.23. The highest BCUT2D eigenvalue weighted by molar-refractivity contribution is 7.89. The van der Waals surface area contributed by atoms with Crippen molar-refractivity contribution in [2.45, 2.75) is 31.7 Å². The lowest BCUT2D eigenvalue weighted by Crippen LogP contribution is -2.38. The molecule has 0 fully saturated rings. The van der Waals surface area contributed by atoms with Crippen molar-refractivity contribution in [2.75, 3.05) is 13.7 Å². The van der Waals surface area contributed by atoms with Gasteiger partial charge in [0.2, 0.25) is 10.0 Å². The van der Waals surface area contributed by atoms with Gasteiger partial charge < -0.3 is 9.84 Å². The van der Waals surface area contributed by atoms with Gasteiger partial charge in [-0.05, 0) is 37.5 Å². The minimum atomic E-state index is -3.67. The fourth-order valence-corrected chi connectivity index (χ4v) is 3.18. The summed E-state index contributed by atoms with van der Waals surface area (Å²) in [5.74, 6) is 0.146. The first-order valence-corrected chi connectivity index (χ1v) is 7.58. The first kappa shape index (κ1) is 15.9. The molecule has 0 spiro atoms. The van der Waals surface area contributed by atoms with E-state index in [1.165, 1.54) is 7.11 Å². The van der Waals surface area contributed by atoms with Crippen molar-refractivity contribution in [3.8, 4) is 5.75 Å². The maximum absolute atomic E-state index is 12.3. The molecule has 0 radical (unpaired) electrons. The van der Waals surface area contributed by atoms with Crippen LogP contribution in [0.25, 0.3) is 0 Å². The molecule has 0 aromatic heterocycles. The number of ether oxygens (including phenoxy) is 1. The number of rotatable bonds is 6. The van der Waals surface area contributed by atoms with Crippen LogP contribution in [0, 0.1) is 12.8 Å². The Labute approximate surface area is 114 Å². The summed E-state index contributed by atoms with van der Waals surface area (Å²) in [5.41, 5.74) is 0.837. The molecule has 2 N–H and O–H groups in total. The van der Waals surface area contributed by atoms with Crippen molar-refractivity contribution < 1.29 is 18.3 Å². The Morgan fingerprint density at radius 3 is 2.53 bits per heavy atom. The van der Waals surface area contributed by atoms with E-state index in [4.69, 9.17) is 9.84 Å². The smallest absolute Gasteiger partial charge is 0.244 e. The third-order valence-corrected chi connectivity index (χ3v) is 4.67. The highest BCUT2D eigenvalue weighted by atomic mass is 32.2. The molecule has 0 heterocycles. The second-order valence-corrected chi connectivity index (χ2v) is 6.41. The van der Waals surface area contributed by atoms with Crippen molar-refractivity contribution in [1.29, 1.82) is 0 Å². The van der Waals surface area contributed by atoms with Crippen LogP contribution in [0.2, 0.25) is 0 Å². The first-order valence-electron chi connectivity index (χ1n) is 6.09. The third-order valence-electron chi connectivity index (χ3n) is 3.09. The van der Waals surface area contributed by atoms with E-state index in [1.807, 2.05) is 6.92 Å². The molecule has 0 aliphatic carbocycles. The molecule has 1 rings (SSSR count). The second kappa shape index (κ2) is 6.36. The molecule has 0 aliphatic heterocycles.